The molecule has 0 spiro atoms. The molecule has 0 aliphatic heterocycles. The smallest absolute Gasteiger partial charge is 0.250 e. The molecule has 0 atom stereocenters. The Bertz CT molecular complexity index is 1090. The fourth-order valence-corrected chi connectivity index (χ4v) is 3.45. The third-order valence-electron chi connectivity index (χ3n) is 5.18. The molecule has 3 heteroatoms. The highest BCUT2D eigenvalue weighted by atomic mass is 16.1. The van der Waals surface area contributed by atoms with Crippen LogP contribution in [-0.2, 0) is 17.8 Å². The van der Waals surface area contributed by atoms with Gasteiger partial charge in [-0.05, 0) is 66.6 Å². The number of benzene rings is 2. The standard InChI is InChI=1S/C27H30N2O/c1-18(2)24-9-6-22(7-10-24)17-29-27(30)21(5)12-19(3)13-23-8-11-26-25(15-23)14-20(4)16-28-26/h6-12,14-16,18H,5,13,17H2,1-4H3,(H,29,30)/b19-12+. The first-order chi connectivity index (χ1) is 14.3. The molecule has 1 N–H and O–H groups in total. The van der Waals surface area contributed by atoms with E-state index >= 15 is 0 Å². The van der Waals surface area contributed by atoms with E-state index in [2.05, 4.69) is 73.2 Å². The van der Waals surface area contributed by atoms with Crippen LogP contribution in [0.5, 0.6) is 0 Å². The van der Waals surface area contributed by atoms with Gasteiger partial charge in [-0.2, -0.15) is 0 Å². The molecular formula is C27H30N2O. The van der Waals surface area contributed by atoms with E-state index in [4.69, 9.17) is 0 Å². The van der Waals surface area contributed by atoms with Gasteiger partial charge < -0.3 is 5.32 Å². The van der Waals surface area contributed by atoms with Crippen LogP contribution in [0.15, 0.2) is 78.5 Å². The topological polar surface area (TPSA) is 42.0 Å². The van der Waals surface area contributed by atoms with E-state index in [1.165, 1.54) is 11.1 Å². The normalized spacial score (nSPS) is 11.7. The van der Waals surface area contributed by atoms with Crippen LogP contribution >= 0.6 is 0 Å². The number of amides is 1. The Morgan fingerprint density at radius 2 is 1.80 bits per heavy atom. The Hall–Kier alpha value is -3.20. The van der Waals surface area contributed by atoms with Crippen LogP contribution in [0.25, 0.3) is 10.9 Å². The van der Waals surface area contributed by atoms with E-state index < -0.39 is 0 Å². The third-order valence-corrected chi connectivity index (χ3v) is 5.18. The van der Waals surface area contributed by atoms with Crippen LogP contribution < -0.4 is 5.32 Å². The van der Waals surface area contributed by atoms with Crippen LogP contribution in [0.2, 0.25) is 0 Å². The number of carbonyl (C=O) groups is 1. The maximum atomic E-state index is 12.4. The summed E-state index contributed by atoms with van der Waals surface area (Å²) < 4.78 is 0. The number of allylic oxidation sites excluding steroid dienone is 1. The summed E-state index contributed by atoms with van der Waals surface area (Å²) in [5.74, 6) is 0.366. The van der Waals surface area contributed by atoms with Crippen LogP contribution in [0.1, 0.15) is 48.9 Å². The Morgan fingerprint density at radius 1 is 1.10 bits per heavy atom. The summed E-state index contributed by atoms with van der Waals surface area (Å²) in [7, 11) is 0. The zero-order chi connectivity index (χ0) is 21.7. The van der Waals surface area contributed by atoms with E-state index in [0.29, 0.717) is 18.0 Å². The van der Waals surface area contributed by atoms with Crippen molar-refractivity contribution in [2.24, 2.45) is 0 Å². The number of carbonyl (C=O) groups excluding carboxylic acids is 1. The maximum absolute atomic E-state index is 12.4. The molecule has 30 heavy (non-hydrogen) atoms. The van der Waals surface area contributed by atoms with Crippen molar-refractivity contribution in [3.05, 3.63) is 101 Å². The van der Waals surface area contributed by atoms with Crippen molar-refractivity contribution in [2.75, 3.05) is 0 Å². The number of nitrogens with zero attached hydrogens (tertiary/aromatic N) is 1. The minimum atomic E-state index is -0.138. The number of hydrogen-bond acceptors (Lipinski definition) is 2. The molecular weight excluding hydrogens is 368 g/mol. The highest BCUT2D eigenvalue weighted by Gasteiger charge is 2.06. The first-order valence-electron chi connectivity index (χ1n) is 10.4. The summed E-state index contributed by atoms with van der Waals surface area (Å²) in [6, 6.07) is 16.8. The number of aromatic nitrogens is 1. The number of nitrogens with one attached hydrogen (secondary N) is 1. The highest BCUT2D eigenvalue weighted by Crippen LogP contribution is 2.18. The van der Waals surface area contributed by atoms with Crippen LogP contribution in [0.3, 0.4) is 0 Å². The molecule has 3 rings (SSSR count). The first kappa shape index (κ1) is 21.5. The second-order valence-electron chi connectivity index (χ2n) is 8.31. The SMILES string of the molecule is C=C(/C=C(\C)Cc1ccc2ncc(C)cc2c1)C(=O)NCc1ccc(C(C)C)cc1. The van der Waals surface area contributed by atoms with Gasteiger partial charge >= 0.3 is 0 Å². The van der Waals surface area contributed by atoms with Gasteiger partial charge in [-0.3, -0.25) is 9.78 Å². The van der Waals surface area contributed by atoms with Crippen molar-refractivity contribution in [3.63, 3.8) is 0 Å². The Balaban J connectivity index is 1.58. The minimum absolute atomic E-state index is 0.138. The molecule has 3 nitrogen and oxygen atoms in total. The van der Waals surface area contributed by atoms with Crippen LogP contribution in [0.4, 0.5) is 0 Å². The Labute approximate surface area is 179 Å². The lowest BCUT2D eigenvalue weighted by Gasteiger charge is -2.09. The van der Waals surface area contributed by atoms with Crippen molar-refractivity contribution >= 4 is 16.8 Å². The van der Waals surface area contributed by atoms with Gasteiger partial charge in [0.15, 0.2) is 0 Å². The van der Waals surface area contributed by atoms with Gasteiger partial charge in [0.1, 0.15) is 0 Å². The quantitative estimate of drug-likeness (QED) is 0.390. The molecule has 0 saturated carbocycles. The largest absolute Gasteiger partial charge is 0.348 e. The zero-order valence-electron chi connectivity index (χ0n) is 18.3. The Morgan fingerprint density at radius 3 is 2.50 bits per heavy atom. The summed E-state index contributed by atoms with van der Waals surface area (Å²) in [5, 5.41) is 4.09. The van der Waals surface area contributed by atoms with Crippen molar-refractivity contribution in [2.45, 2.75) is 46.6 Å². The fraction of sp³-hybridized carbons (Fsp3) is 0.259. The average Bonchev–Trinajstić information content (AvgIpc) is 2.71. The molecule has 1 amide bonds. The summed E-state index contributed by atoms with van der Waals surface area (Å²) in [6.45, 7) is 12.9. The second-order valence-corrected chi connectivity index (χ2v) is 8.31. The van der Waals surface area contributed by atoms with Crippen molar-refractivity contribution in [1.29, 1.82) is 0 Å². The average molecular weight is 399 g/mol. The fourth-order valence-electron chi connectivity index (χ4n) is 3.45. The molecule has 0 aliphatic rings. The van der Waals surface area contributed by atoms with Gasteiger partial charge in [-0.25, -0.2) is 0 Å². The van der Waals surface area contributed by atoms with E-state index in [0.717, 1.165) is 34.0 Å². The molecule has 0 saturated heterocycles. The molecule has 0 fully saturated rings. The zero-order valence-corrected chi connectivity index (χ0v) is 18.3. The molecule has 3 aromatic rings. The molecule has 0 radical (unpaired) electrons. The molecule has 0 aliphatic carbocycles. The molecule has 1 heterocycles. The van der Waals surface area contributed by atoms with Gasteiger partial charge in [0.25, 0.3) is 5.91 Å². The van der Waals surface area contributed by atoms with Crippen molar-refractivity contribution < 1.29 is 4.79 Å². The van der Waals surface area contributed by atoms with E-state index in [-0.39, 0.29) is 5.91 Å². The summed E-state index contributed by atoms with van der Waals surface area (Å²) in [6.07, 6.45) is 4.52. The first-order valence-corrected chi connectivity index (χ1v) is 10.4. The van der Waals surface area contributed by atoms with Crippen molar-refractivity contribution in [3.8, 4) is 0 Å². The Kier molecular flexibility index (Phi) is 6.83. The molecule has 0 unspecified atom stereocenters. The predicted molar refractivity (Wildman–Crippen MR) is 125 cm³/mol. The van der Waals surface area contributed by atoms with E-state index in [1.54, 1.807) is 0 Å². The number of pyridine rings is 1. The van der Waals surface area contributed by atoms with Crippen LogP contribution in [0, 0.1) is 6.92 Å². The minimum Gasteiger partial charge on any atom is -0.348 e. The third kappa shape index (κ3) is 5.66. The predicted octanol–water partition coefficient (Wildman–Crippen LogP) is 6.03. The van der Waals surface area contributed by atoms with Crippen LogP contribution in [-0.4, -0.2) is 10.9 Å². The monoisotopic (exact) mass is 398 g/mol. The lowest BCUT2D eigenvalue weighted by Crippen LogP contribution is -2.23. The number of rotatable bonds is 7. The number of aryl methyl sites for hydroxylation is 1. The molecule has 2 aromatic carbocycles. The van der Waals surface area contributed by atoms with Gasteiger partial charge in [0.2, 0.25) is 0 Å². The summed E-state index contributed by atoms with van der Waals surface area (Å²) in [4.78, 5) is 16.9. The van der Waals surface area contributed by atoms with Gasteiger partial charge in [0.05, 0.1) is 5.52 Å². The maximum Gasteiger partial charge on any atom is 0.250 e. The van der Waals surface area contributed by atoms with E-state index in [9.17, 15) is 4.79 Å². The lowest BCUT2D eigenvalue weighted by molar-refractivity contribution is -0.117. The lowest BCUT2D eigenvalue weighted by atomic mass is 10.0. The highest BCUT2D eigenvalue weighted by molar-refractivity contribution is 5.95. The number of fused-ring (bicyclic) bond motifs is 1. The number of hydrogen-bond donors (Lipinski definition) is 1. The van der Waals surface area contributed by atoms with Crippen molar-refractivity contribution in [1.82, 2.24) is 10.3 Å². The second kappa shape index (κ2) is 9.53. The summed E-state index contributed by atoms with van der Waals surface area (Å²) in [5.41, 5.74) is 7.30. The molecule has 0 bridgehead atoms. The summed E-state index contributed by atoms with van der Waals surface area (Å²) >= 11 is 0. The molecule has 1 aromatic heterocycles. The van der Waals surface area contributed by atoms with Gasteiger partial charge in [0, 0.05) is 23.7 Å². The molecule has 154 valence electrons. The van der Waals surface area contributed by atoms with Gasteiger partial charge in [-0.15, -0.1) is 0 Å². The van der Waals surface area contributed by atoms with E-state index in [1.807, 2.05) is 32.2 Å². The van der Waals surface area contributed by atoms with Gasteiger partial charge in [-0.1, -0.05) is 62.4 Å².